The third kappa shape index (κ3) is 25.6. The van der Waals surface area contributed by atoms with Crippen LogP contribution in [0.5, 0.6) is 0 Å². The van der Waals surface area contributed by atoms with Crippen molar-refractivity contribution in [2.45, 2.75) is 0 Å². The second kappa shape index (κ2) is 30.1. The molecule has 0 aliphatic heterocycles. The smallest absolute Gasteiger partial charge is 0.0701 e. The Morgan fingerprint density at radius 2 is 0.459 bits per heavy atom. The molecule has 0 spiro atoms. The van der Waals surface area contributed by atoms with E-state index in [0.717, 1.165) is 0 Å². The highest BCUT2D eigenvalue weighted by Gasteiger charge is 2.32. The Balaban J connectivity index is 4.78. The maximum atomic E-state index is 5.96. The van der Waals surface area contributed by atoms with Gasteiger partial charge in [0, 0.05) is 28.4 Å². The van der Waals surface area contributed by atoms with Crippen molar-refractivity contribution in [3.8, 4) is 0 Å². The van der Waals surface area contributed by atoms with Gasteiger partial charge in [0.2, 0.25) is 0 Å². The second-order valence-electron chi connectivity index (χ2n) is 8.13. The van der Waals surface area contributed by atoms with Gasteiger partial charge in [-0.2, -0.15) is 0 Å². The Morgan fingerprint density at radius 1 is 0.270 bits per heavy atom. The zero-order valence-corrected chi connectivity index (χ0v) is 23.5. The molecule has 0 N–H and O–H groups in total. The molecule has 0 heterocycles. The SMILES string of the molecule is COCCOCCOCC(COCCOCCOC)(COCCOCCOC)COCCOCCOC. The molecule has 37 heavy (non-hydrogen) atoms. The Kier molecular flexibility index (Phi) is 29.7. The van der Waals surface area contributed by atoms with E-state index in [1.165, 1.54) is 0 Å². The molecule has 0 aromatic rings. The highest BCUT2D eigenvalue weighted by atomic mass is 16.6. The minimum Gasteiger partial charge on any atom is -0.382 e. The summed E-state index contributed by atoms with van der Waals surface area (Å²) in [6.07, 6.45) is 0. The Labute approximate surface area is 223 Å². The van der Waals surface area contributed by atoms with Crippen molar-refractivity contribution in [1.29, 1.82) is 0 Å². The average molecular weight is 545 g/mol. The summed E-state index contributed by atoms with van der Waals surface area (Å²) in [6, 6.07) is 0. The fourth-order valence-corrected chi connectivity index (χ4v) is 2.85. The van der Waals surface area contributed by atoms with Gasteiger partial charge in [0.05, 0.1) is 138 Å². The van der Waals surface area contributed by atoms with Crippen LogP contribution in [0.15, 0.2) is 0 Å². The summed E-state index contributed by atoms with van der Waals surface area (Å²) in [4.78, 5) is 0. The van der Waals surface area contributed by atoms with Gasteiger partial charge in [-0.3, -0.25) is 0 Å². The molecule has 224 valence electrons. The van der Waals surface area contributed by atoms with E-state index in [2.05, 4.69) is 0 Å². The molecule has 0 aliphatic rings. The van der Waals surface area contributed by atoms with Crippen LogP contribution in [-0.4, -0.2) is 161 Å². The summed E-state index contributed by atoms with van der Waals surface area (Å²) in [7, 11) is 6.56. The zero-order valence-electron chi connectivity index (χ0n) is 23.5. The molecule has 0 atom stereocenters. The molecule has 0 aromatic heterocycles. The first-order valence-corrected chi connectivity index (χ1v) is 12.8. The van der Waals surface area contributed by atoms with E-state index in [4.69, 9.17) is 56.8 Å². The fourth-order valence-electron chi connectivity index (χ4n) is 2.85. The van der Waals surface area contributed by atoms with Gasteiger partial charge in [0.1, 0.15) is 0 Å². The standard InChI is InChI=1S/C25H52O12/c1-26-5-9-30-13-17-34-21-25(22-35-18-14-31-10-6-27-2,23-36-19-15-32-11-7-28-3)24-37-20-16-33-12-8-29-4/h5-24H2,1-4H3. The van der Waals surface area contributed by atoms with Crippen LogP contribution in [0.1, 0.15) is 0 Å². The van der Waals surface area contributed by atoms with Gasteiger partial charge >= 0.3 is 0 Å². The maximum absolute atomic E-state index is 5.96. The summed E-state index contributed by atoms with van der Waals surface area (Å²) in [5.74, 6) is 0. The van der Waals surface area contributed by atoms with E-state index >= 15 is 0 Å². The van der Waals surface area contributed by atoms with E-state index in [1.54, 1.807) is 28.4 Å². The Morgan fingerprint density at radius 3 is 0.676 bits per heavy atom. The molecule has 12 heteroatoms. The van der Waals surface area contributed by atoms with Gasteiger partial charge in [-0.25, -0.2) is 0 Å². The van der Waals surface area contributed by atoms with Crippen LogP contribution in [0.3, 0.4) is 0 Å². The molecule has 0 rings (SSSR count). The third-order valence-electron chi connectivity index (χ3n) is 4.85. The first-order valence-electron chi connectivity index (χ1n) is 12.8. The molecule has 0 aromatic carbocycles. The van der Waals surface area contributed by atoms with Crippen molar-refractivity contribution in [3.05, 3.63) is 0 Å². The predicted molar refractivity (Wildman–Crippen MR) is 136 cm³/mol. The lowest BCUT2D eigenvalue weighted by molar-refractivity contribution is -0.122. The van der Waals surface area contributed by atoms with Crippen molar-refractivity contribution in [2.75, 3.05) is 161 Å². The van der Waals surface area contributed by atoms with Crippen molar-refractivity contribution in [2.24, 2.45) is 5.41 Å². The molecular weight excluding hydrogens is 492 g/mol. The number of rotatable bonds is 32. The van der Waals surface area contributed by atoms with Crippen LogP contribution in [-0.2, 0) is 56.8 Å². The van der Waals surface area contributed by atoms with Crippen LogP contribution in [0.4, 0.5) is 0 Å². The van der Waals surface area contributed by atoms with Crippen molar-refractivity contribution >= 4 is 0 Å². The number of hydrogen-bond donors (Lipinski definition) is 0. The molecule has 0 aliphatic carbocycles. The fraction of sp³-hybridized carbons (Fsp3) is 1.00. The quantitative estimate of drug-likeness (QED) is 0.111. The zero-order chi connectivity index (χ0) is 27.1. The first kappa shape index (κ1) is 36.5. The largest absolute Gasteiger partial charge is 0.382 e. The van der Waals surface area contributed by atoms with Gasteiger partial charge in [-0.05, 0) is 0 Å². The highest BCUT2D eigenvalue weighted by molar-refractivity contribution is 4.79. The molecular formula is C25H52O12. The molecule has 0 saturated heterocycles. The van der Waals surface area contributed by atoms with Gasteiger partial charge in [-0.15, -0.1) is 0 Å². The lowest BCUT2D eigenvalue weighted by atomic mass is 9.92. The second-order valence-corrected chi connectivity index (χ2v) is 8.13. The number of hydrogen-bond acceptors (Lipinski definition) is 12. The van der Waals surface area contributed by atoms with Crippen LogP contribution in [0.25, 0.3) is 0 Å². The van der Waals surface area contributed by atoms with Gasteiger partial charge < -0.3 is 56.8 Å². The van der Waals surface area contributed by atoms with Crippen molar-refractivity contribution < 1.29 is 56.8 Å². The molecule has 0 unspecified atom stereocenters. The van der Waals surface area contributed by atoms with E-state index in [9.17, 15) is 0 Å². The topological polar surface area (TPSA) is 111 Å². The minimum atomic E-state index is -0.530. The van der Waals surface area contributed by atoms with Crippen LogP contribution in [0, 0.1) is 5.41 Å². The molecule has 12 nitrogen and oxygen atoms in total. The number of ether oxygens (including phenoxy) is 12. The highest BCUT2D eigenvalue weighted by Crippen LogP contribution is 2.21. The van der Waals surface area contributed by atoms with E-state index in [1.807, 2.05) is 0 Å². The molecule has 0 radical (unpaired) electrons. The molecule has 0 amide bonds. The summed E-state index contributed by atoms with van der Waals surface area (Å²) >= 11 is 0. The Hall–Kier alpha value is -0.480. The van der Waals surface area contributed by atoms with Crippen molar-refractivity contribution in [1.82, 2.24) is 0 Å². The summed E-state index contributed by atoms with van der Waals surface area (Å²) < 4.78 is 65.8. The predicted octanol–water partition coefficient (Wildman–Crippen LogP) is 0.691. The molecule has 0 bridgehead atoms. The van der Waals surface area contributed by atoms with E-state index < -0.39 is 5.41 Å². The molecule has 0 saturated carbocycles. The molecule has 0 fully saturated rings. The first-order chi connectivity index (χ1) is 18.2. The van der Waals surface area contributed by atoms with Crippen LogP contribution < -0.4 is 0 Å². The normalized spacial score (nSPS) is 12.0. The van der Waals surface area contributed by atoms with Gasteiger partial charge in [0.25, 0.3) is 0 Å². The van der Waals surface area contributed by atoms with Gasteiger partial charge in [-0.1, -0.05) is 0 Å². The lowest BCUT2D eigenvalue weighted by Gasteiger charge is -2.33. The van der Waals surface area contributed by atoms with E-state index in [0.29, 0.717) is 132 Å². The minimum absolute atomic E-state index is 0.375. The van der Waals surface area contributed by atoms with Gasteiger partial charge in [0.15, 0.2) is 0 Å². The van der Waals surface area contributed by atoms with Crippen LogP contribution >= 0.6 is 0 Å². The van der Waals surface area contributed by atoms with Crippen LogP contribution in [0.2, 0.25) is 0 Å². The van der Waals surface area contributed by atoms with E-state index in [-0.39, 0.29) is 0 Å². The Bertz CT molecular complexity index is 353. The number of methoxy groups -OCH3 is 4. The maximum Gasteiger partial charge on any atom is 0.0701 e. The third-order valence-corrected chi connectivity index (χ3v) is 4.85. The van der Waals surface area contributed by atoms with Crippen molar-refractivity contribution in [3.63, 3.8) is 0 Å². The lowest BCUT2D eigenvalue weighted by Crippen LogP contribution is -2.43. The summed E-state index contributed by atoms with van der Waals surface area (Å²) in [5, 5.41) is 0. The summed E-state index contributed by atoms with van der Waals surface area (Å²) in [6.45, 7) is 9.40. The monoisotopic (exact) mass is 544 g/mol. The summed E-state index contributed by atoms with van der Waals surface area (Å²) in [5.41, 5.74) is -0.530. The average Bonchev–Trinajstić information content (AvgIpc) is 2.91.